The second-order valence-corrected chi connectivity index (χ2v) is 9.39. The number of methoxy groups -OCH3 is 1. The van der Waals surface area contributed by atoms with Crippen LogP contribution in [-0.4, -0.2) is 52.4 Å². The third-order valence-corrected chi connectivity index (χ3v) is 6.43. The molecule has 1 aromatic carbocycles. The second kappa shape index (κ2) is 9.31. The van der Waals surface area contributed by atoms with Gasteiger partial charge in [0.25, 0.3) is 5.91 Å². The number of aromatic amines is 1. The normalized spacial score (nSPS) is 18.2. The van der Waals surface area contributed by atoms with Crippen LogP contribution in [-0.2, 0) is 11.1 Å². The molecule has 210 valence electrons. The molecule has 3 aromatic heterocycles. The van der Waals surface area contributed by atoms with E-state index in [9.17, 15) is 32.3 Å². The predicted molar refractivity (Wildman–Crippen MR) is 130 cm³/mol. The summed E-state index contributed by atoms with van der Waals surface area (Å²) < 4.78 is 72.5. The van der Waals surface area contributed by atoms with Crippen molar-refractivity contribution in [3.05, 3.63) is 69.7 Å². The number of halogens is 4. The third-order valence-electron chi connectivity index (χ3n) is 6.43. The van der Waals surface area contributed by atoms with Crippen LogP contribution in [0.4, 0.5) is 17.6 Å². The molecule has 15 heteroatoms. The number of H-pyrrole nitrogens is 1. The van der Waals surface area contributed by atoms with Crippen molar-refractivity contribution in [1.29, 1.82) is 0 Å². The van der Waals surface area contributed by atoms with E-state index in [1.807, 2.05) is 5.32 Å². The molecule has 0 saturated carbocycles. The molecule has 11 nitrogen and oxygen atoms in total. The van der Waals surface area contributed by atoms with E-state index >= 15 is 0 Å². The molecule has 1 aliphatic heterocycles. The van der Waals surface area contributed by atoms with Crippen LogP contribution in [0.5, 0.6) is 11.6 Å². The van der Waals surface area contributed by atoms with Crippen molar-refractivity contribution in [2.24, 2.45) is 5.73 Å². The standard InChI is InChI=1S/C25H21F4N5O6/c1-23(30)10-39-19-13(23)7-16(33-17(19)11-3-5-12(26)6-4-11)24(37,25(27,28)29)9-31-20(35)14-8-15-18(21(32-14)38-2)34-22(36)40-15/h3-8,37H,9-10,30H2,1-2H3,(H,31,35)(H,34,36). The van der Waals surface area contributed by atoms with Crippen molar-refractivity contribution in [2.45, 2.75) is 24.2 Å². The van der Waals surface area contributed by atoms with E-state index in [0.29, 0.717) is 0 Å². The van der Waals surface area contributed by atoms with Crippen molar-refractivity contribution in [2.75, 3.05) is 20.3 Å². The minimum absolute atomic E-state index is 0.0403. The lowest BCUT2D eigenvalue weighted by Crippen LogP contribution is -2.52. The van der Waals surface area contributed by atoms with Crippen LogP contribution in [0.15, 0.2) is 45.6 Å². The Bertz CT molecular complexity index is 1680. The first-order chi connectivity index (χ1) is 18.7. The Balaban J connectivity index is 1.56. The van der Waals surface area contributed by atoms with Gasteiger partial charge in [-0.1, -0.05) is 0 Å². The summed E-state index contributed by atoms with van der Waals surface area (Å²) in [5.74, 6) is -2.72. The van der Waals surface area contributed by atoms with Gasteiger partial charge in [0, 0.05) is 17.2 Å². The molecule has 0 fully saturated rings. The molecule has 0 radical (unpaired) electrons. The van der Waals surface area contributed by atoms with Gasteiger partial charge in [0.05, 0.1) is 24.9 Å². The number of hydrogen-bond acceptors (Lipinski definition) is 9. The number of hydrogen-bond donors (Lipinski definition) is 4. The Labute approximate surface area is 221 Å². The quantitative estimate of drug-likeness (QED) is 0.258. The Morgan fingerprint density at radius 2 is 1.95 bits per heavy atom. The summed E-state index contributed by atoms with van der Waals surface area (Å²) >= 11 is 0. The summed E-state index contributed by atoms with van der Waals surface area (Å²) in [4.78, 5) is 34.6. The molecule has 0 aliphatic carbocycles. The van der Waals surface area contributed by atoms with E-state index < -0.39 is 52.7 Å². The molecule has 0 saturated heterocycles. The fraction of sp³-hybridized carbons (Fsp3) is 0.280. The molecule has 2 unspecified atom stereocenters. The van der Waals surface area contributed by atoms with Crippen LogP contribution in [0.2, 0.25) is 0 Å². The molecule has 0 bridgehead atoms. The first-order valence-corrected chi connectivity index (χ1v) is 11.6. The van der Waals surface area contributed by atoms with Crippen LogP contribution >= 0.6 is 0 Å². The molecule has 5 rings (SSSR count). The fourth-order valence-corrected chi connectivity index (χ4v) is 4.24. The molecule has 2 atom stereocenters. The maximum Gasteiger partial charge on any atom is 0.424 e. The van der Waals surface area contributed by atoms with Gasteiger partial charge in [-0.25, -0.2) is 19.2 Å². The minimum atomic E-state index is -5.34. The third kappa shape index (κ3) is 4.52. The number of nitrogens with zero attached hydrogens (tertiary/aromatic N) is 2. The van der Waals surface area contributed by atoms with Crippen molar-refractivity contribution >= 4 is 17.0 Å². The highest BCUT2D eigenvalue weighted by atomic mass is 19.4. The number of fused-ring (bicyclic) bond motifs is 2. The fourth-order valence-electron chi connectivity index (χ4n) is 4.24. The van der Waals surface area contributed by atoms with Crippen LogP contribution in [0.3, 0.4) is 0 Å². The average molecular weight is 563 g/mol. The molecule has 1 amide bonds. The van der Waals surface area contributed by atoms with Crippen molar-refractivity contribution in [3.8, 4) is 22.9 Å². The lowest BCUT2D eigenvalue weighted by Gasteiger charge is -2.31. The van der Waals surface area contributed by atoms with Crippen LogP contribution < -0.4 is 26.3 Å². The summed E-state index contributed by atoms with van der Waals surface area (Å²) in [5.41, 5.74) is 0.132. The number of nitrogens with two attached hydrogens (primary N) is 1. The Morgan fingerprint density at radius 1 is 1.25 bits per heavy atom. The first kappa shape index (κ1) is 27.1. The highest BCUT2D eigenvalue weighted by molar-refractivity contribution is 5.96. The van der Waals surface area contributed by atoms with Crippen LogP contribution in [0.25, 0.3) is 22.4 Å². The number of benzene rings is 1. The van der Waals surface area contributed by atoms with E-state index in [4.69, 9.17) is 19.6 Å². The number of aromatic nitrogens is 3. The van der Waals surface area contributed by atoms with Crippen LogP contribution in [0, 0.1) is 5.82 Å². The number of amides is 1. The summed E-state index contributed by atoms with van der Waals surface area (Å²) in [5, 5.41) is 13.1. The van der Waals surface area contributed by atoms with E-state index in [1.54, 1.807) is 0 Å². The van der Waals surface area contributed by atoms with Crippen molar-refractivity contribution < 1.29 is 41.4 Å². The molecule has 40 heavy (non-hydrogen) atoms. The topological polar surface area (TPSA) is 166 Å². The van der Waals surface area contributed by atoms with E-state index in [-0.39, 0.29) is 46.2 Å². The molecular weight excluding hydrogens is 542 g/mol. The van der Waals surface area contributed by atoms with E-state index in [1.165, 1.54) is 26.2 Å². The zero-order valence-electron chi connectivity index (χ0n) is 20.9. The van der Waals surface area contributed by atoms with Crippen LogP contribution in [0.1, 0.15) is 28.7 Å². The predicted octanol–water partition coefficient (Wildman–Crippen LogP) is 2.47. The van der Waals surface area contributed by atoms with Crippen molar-refractivity contribution in [1.82, 2.24) is 20.3 Å². The minimum Gasteiger partial charge on any atom is -0.489 e. The summed E-state index contributed by atoms with van der Waals surface area (Å²) in [6, 6.07) is 6.76. The Morgan fingerprint density at radius 3 is 2.60 bits per heavy atom. The number of oxazole rings is 1. The van der Waals surface area contributed by atoms with E-state index in [2.05, 4.69) is 15.0 Å². The number of alkyl halides is 3. The van der Waals surface area contributed by atoms with Gasteiger partial charge in [0.15, 0.2) is 16.8 Å². The monoisotopic (exact) mass is 563 g/mol. The molecular formula is C25H21F4N5O6. The summed E-state index contributed by atoms with van der Waals surface area (Å²) in [7, 11) is 1.20. The van der Waals surface area contributed by atoms with Gasteiger partial charge in [0.2, 0.25) is 11.5 Å². The smallest absolute Gasteiger partial charge is 0.424 e. The number of rotatable bonds is 6. The second-order valence-electron chi connectivity index (χ2n) is 9.39. The van der Waals surface area contributed by atoms with Gasteiger partial charge in [-0.2, -0.15) is 13.2 Å². The highest BCUT2D eigenvalue weighted by Gasteiger charge is 2.57. The molecule has 0 spiro atoms. The first-order valence-electron chi connectivity index (χ1n) is 11.6. The van der Waals surface area contributed by atoms with Gasteiger partial charge in [-0.3, -0.25) is 9.78 Å². The zero-order chi connectivity index (χ0) is 29.0. The number of ether oxygens (including phenoxy) is 2. The van der Waals surface area contributed by atoms with E-state index in [0.717, 1.165) is 24.3 Å². The molecule has 4 aromatic rings. The number of carbonyl (C=O) groups excluding carboxylic acids is 1. The Hall–Kier alpha value is -4.50. The molecule has 4 heterocycles. The van der Waals surface area contributed by atoms with Gasteiger partial charge in [-0.15, -0.1) is 0 Å². The number of carbonyl (C=O) groups is 1. The molecule has 5 N–H and O–H groups in total. The zero-order valence-corrected chi connectivity index (χ0v) is 20.9. The van der Waals surface area contributed by atoms with Gasteiger partial charge >= 0.3 is 11.9 Å². The maximum absolute atomic E-state index is 14.5. The number of pyridine rings is 2. The number of nitrogens with one attached hydrogen (secondary N) is 2. The molecule has 1 aliphatic rings. The largest absolute Gasteiger partial charge is 0.489 e. The lowest BCUT2D eigenvalue weighted by molar-refractivity contribution is -0.265. The van der Waals surface area contributed by atoms with Gasteiger partial charge in [-0.05, 0) is 37.3 Å². The van der Waals surface area contributed by atoms with Gasteiger partial charge in [0.1, 0.15) is 23.8 Å². The average Bonchev–Trinajstić information content (AvgIpc) is 3.43. The maximum atomic E-state index is 14.5. The SMILES string of the molecule is COc1nc(C(=O)NCC(O)(c2cc3c(c(-c4ccc(F)cc4)n2)OCC3(C)N)C(F)(F)F)cc2oc(=O)[nH]c12. The lowest BCUT2D eigenvalue weighted by atomic mass is 9.89. The summed E-state index contributed by atoms with van der Waals surface area (Å²) in [6.07, 6.45) is -5.34. The summed E-state index contributed by atoms with van der Waals surface area (Å²) in [6.45, 7) is 0.0550. The Kier molecular flexibility index (Phi) is 6.30. The van der Waals surface area contributed by atoms with Crippen molar-refractivity contribution in [3.63, 3.8) is 0 Å². The highest BCUT2D eigenvalue weighted by Crippen LogP contribution is 2.46. The van der Waals surface area contributed by atoms with Gasteiger partial charge < -0.3 is 30.0 Å². The number of aliphatic hydroxyl groups is 1.